The van der Waals surface area contributed by atoms with E-state index in [4.69, 9.17) is 9.47 Å². The van der Waals surface area contributed by atoms with Gasteiger partial charge in [-0.15, -0.1) is 0 Å². The zero-order valence-corrected chi connectivity index (χ0v) is 22.2. The number of methoxy groups -OCH3 is 2. The molecule has 0 saturated carbocycles. The molecule has 0 aliphatic heterocycles. The molecule has 0 fully saturated rings. The Labute approximate surface area is 224 Å². The molecule has 0 aliphatic carbocycles. The van der Waals surface area contributed by atoms with Gasteiger partial charge in [-0.2, -0.15) is 0 Å². The molecule has 0 bridgehead atoms. The molecule has 0 saturated heterocycles. The smallest absolute Gasteiger partial charge is 0.127 e. The van der Waals surface area contributed by atoms with Crippen LogP contribution in [0.4, 0.5) is 0 Å². The summed E-state index contributed by atoms with van der Waals surface area (Å²) >= 11 is 0. The Morgan fingerprint density at radius 3 is 1.26 bits per heavy atom. The summed E-state index contributed by atoms with van der Waals surface area (Å²) in [6.45, 7) is 4.32. The molecule has 6 aromatic rings. The van der Waals surface area contributed by atoms with Crippen LogP contribution >= 0.6 is 0 Å². The van der Waals surface area contributed by atoms with Gasteiger partial charge in [0.1, 0.15) is 11.5 Å². The van der Waals surface area contributed by atoms with Crippen molar-refractivity contribution in [3.63, 3.8) is 0 Å². The van der Waals surface area contributed by atoms with Crippen LogP contribution in [0.5, 0.6) is 11.5 Å². The lowest BCUT2D eigenvalue weighted by Gasteiger charge is -2.19. The molecule has 186 valence electrons. The lowest BCUT2D eigenvalue weighted by molar-refractivity contribution is 0.411. The molecular formula is C36H30O2. The van der Waals surface area contributed by atoms with Crippen LogP contribution in [0.2, 0.25) is 0 Å². The first kappa shape index (κ1) is 23.8. The van der Waals surface area contributed by atoms with Crippen LogP contribution in [-0.2, 0) is 0 Å². The first-order valence-electron chi connectivity index (χ1n) is 12.9. The maximum Gasteiger partial charge on any atom is 0.127 e. The molecule has 0 unspecified atom stereocenters. The average molecular weight is 495 g/mol. The van der Waals surface area contributed by atoms with Gasteiger partial charge < -0.3 is 9.47 Å². The summed E-state index contributed by atoms with van der Waals surface area (Å²) in [5, 5.41) is 4.60. The minimum Gasteiger partial charge on any atom is -0.496 e. The topological polar surface area (TPSA) is 18.5 Å². The largest absolute Gasteiger partial charge is 0.496 e. The molecule has 38 heavy (non-hydrogen) atoms. The van der Waals surface area contributed by atoms with E-state index in [1.807, 2.05) is 0 Å². The summed E-state index contributed by atoms with van der Waals surface area (Å²) in [6, 6.07) is 38.9. The van der Waals surface area contributed by atoms with Crippen LogP contribution in [0.25, 0.3) is 54.9 Å². The van der Waals surface area contributed by atoms with Gasteiger partial charge in [0.05, 0.1) is 14.2 Å². The van der Waals surface area contributed by atoms with Crippen LogP contribution in [0, 0.1) is 13.8 Å². The van der Waals surface area contributed by atoms with E-state index < -0.39 is 0 Å². The van der Waals surface area contributed by atoms with Crippen molar-refractivity contribution in [1.29, 1.82) is 0 Å². The number of rotatable bonds is 5. The average Bonchev–Trinajstić information content (AvgIpc) is 2.96. The van der Waals surface area contributed by atoms with Crippen molar-refractivity contribution in [1.82, 2.24) is 0 Å². The van der Waals surface area contributed by atoms with Crippen molar-refractivity contribution in [3.05, 3.63) is 120 Å². The molecule has 0 radical (unpaired) electrons. The summed E-state index contributed by atoms with van der Waals surface area (Å²) in [5.74, 6) is 1.66. The highest BCUT2D eigenvalue weighted by atomic mass is 16.5. The summed E-state index contributed by atoms with van der Waals surface area (Å²) in [6.07, 6.45) is 0. The predicted molar refractivity (Wildman–Crippen MR) is 160 cm³/mol. The summed E-state index contributed by atoms with van der Waals surface area (Å²) in [5.41, 5.74) is 9.54. The third-order valence-corrected chi connectivity index (χ3v) is 7.57. The third kappa shape index (κ3) is 3.99. The van der Waals surface area contributed by atoms with Gasteiger partial charge in [-0.05, 0) is 93.0 Å². The van der Waals surface area contributed by atoms with Gasteiger partial charge in [0.2, 0.25) is 0 Å². The second-order valence-corrected chi connectivity index (χ2v) is 9.79. The van der Waals surface area contributed by atoms with Crippen molar-refractivity contribution in [2.24, 2.45) is 0 Å². The Kier molecular flexibility index (Phi) is 6.09. The van der Waals surface area contributed by atoms with Gasteiger partial charge in [0.25, 0.3) is 0 Å². The minimum absolute atomic E-state index is 0.829. The van der Waals surface area contributed by atoms with E-state index in [2.05, 4.69) is 123 Å². The van der Waals surface area contributed by atoms with E-state index in [9.17, 15) is 0 Å². The summed E-state index contributed by atoms with van der Waals surface area (Å²) < 4.78 is 11.9. The predicted octanol–water partition coefficient (Wildman–Crippen LogP) is 9.63. The zero-order valence-electron chi connectivity index (χ0n) is 22.2. The zero-order chi connectivity index (χ0) is 26.2. The van der Waals surface area contributed by atoms with Gasteiger partial charge in [-0.3, -0.25) is 0 Å². The van der Waals surface area contributed by atoms with Gasteiger partial charge in [0.15, 0.2) is 0 Å². The molecule has 2 nitrogen and oxygen atoms in total. The fourth-order valence-corrected chi connectivity index (χ4v) is 5.60. The van der Waals surface area contributed by atoms with Crippen LogP contribution in [0.15, 0.2) is 109 Å². The standard InChI is InChI=1S/C36H30O2/c1-23-9-5-7-11-29(23)25-13-17-31-27(21-25)15-19-33(37-3)35(31)36-32-18-14-26(30-12-8-6-10-24(30)2)22-28(32)16-20-34(36)38-4/h5-22H,1-4H3. The number of fused-ring (bicyclic) bond motifs is 2. The molecule has 2 heteroatoms. The molecule has 0 amide bonds. The van der Waals surface area contributed by atoms with E-state index in [-0.39, 0.29) is 0 Å². The van der Waals surface area contributed by atoms with Gasteiger partial charge in [0, 0.05) is 11.1 Å². The second kappa shape index (κ2) is 9.72. The molecule has 6 rings (SSSR count). The molecular weight excluding hydrogens is 464 g/mol. The monoisotopic (exact) mass is 494 g/mol. The quantitative estimate of drug-likeness (QED) is 0.237. The number of benzene rings is 6. The lowest BCUT2D eigenvalue weighted by Crippen LogP contribution is -1.95. The minimum atomic E-state index is 0.829. The Balaban J connectivity index is 1.61. The number of aryl methyl sites for hydroxylation is 2. The van der Waals surface area contributed by atoms with Crippen molar-refractivity contribution in [3.8, 4) is 44.9 Å². The van der Waals surface area contributed by atoms with Crippen molar-refractivity contribution in [2.45, 2.75) is 13.8 Å². The highest BCUT2D eigenvalue weighted by Crippen LogP contribution is 2.46. The number of hydrogen-bond acceptors (Lipinski definition) is 2. The Morgan fingerprint density at radius 2 is 0.868 bits per heavy atom. The Bertz CT molecular complexity index is 1680. The van der Waals surface area contributed by atoms with Crippen LogP contribution in [0.1, 0.15) is 11.1 Å². The molecule has 0 aromatic heterocycles. The molecule has 0 heterocycles. The molecule has 6 aromatic carbocycles. The Hall–Kier alpha value is -4.56. The Morgan fingerprint density at radius 1 is 0.447 bits per heavy atom. The summed E-state index contributed by atoms with van der Waals surface area (Å²) in [7, 11) is 3.47. The normalized spacial score (nSPS) is 11.2. The molecule has 0 aliphatic rings. The van der Waals surface area contributed by atoms with E-state index >= 15 is 0 Å². The lowest BCUT2D eigenvalue weighted by atomic mass is 9.89. The van der Waals surface area contributed by atoms with Gasteiger partial charge in [-0.1, -0.05) is 84.9 Å². The van der Waals surface area contributed by atoms with Crippen LogP contribution in [0.3, 0.4) is 0 Å². The van der Waals surface area contributed by atoms with Gasteiger partial charge in [-0.25, -0.2) is 0 Å². The fraction of sp³-hybridized carbons (Fsp3) is 0.111. The van der Waals surface area contributed by atoms with Crippen LogP contribution < -0.4 is 9.47 Å². The third-order valence-electron chi connectivity index (χ3n) is 7.57. The van der Waals surface area contributed by atoms with Crippen molar-refractivity contribution < 1.29 is 9.47 Å². The SMILES string of the molecule is COc1ccc2cc(-c3ccccc3C)ccc2c1-c1c(OC)ccc2cc(-c3ccccc3C)ccc12. The highest BCUT2D eigenvalue weighted by molar-refractivity contribution is 6.11. The van der Waals surface area contributed by atoms with E-state index in [0.29, 0.717) is 0 Å². The molecule has 0 N–H and O–H groups in total. The van der Waals surface area contributed by atoms with Crippen molar-refractivity contribution in [2.75, 3.05) is 14.2 Å². The molecule has 0 atom stereocenters. The highest BCUT2D eigenvalue weighted by Gasteiger charge is 2.19. The number of ether oxygens (including phenoxy) is 2. The van der Waals surface area contributed by atoms with Crippen molar-refractivity contribution >= 4 is 21.5 Å². The van der Waals surface area contributed by atoms with Gasteiger partial charge >= 0.3 is 0 Å². The summed E-state index contributed by atoms with van der Waals surface area (Å²) in [4.78, 5) is 0. The molecule has 0 spiro atoms. The number of hydrogen-bond donors (Lipinski definition) is 0. The van der Waals surface area contributed by atoms with Crippen LogP contribution in [-0.4, -0.2) is 14.2 Å². The van der Waals surface area contributed by atoms with E-state index in [0.717, 1.165) is 44.2 Å². The maximum absolute atomic E-state index is 5.94. The maximum atomic E-state index is 5.94. The first-order chi connectivity index (χ1) is 18.6. The van der Waals surface area contributed by atoms with E-state index in [1.165, 1.54) is 33.4 Å². The second-order valence-electron chi connectivity index (χ2n) is 9.79. The van der Waals surface area contributed by atoms with E-state index in [1.54, 1.807) is 14.2 Å². The fourth-order valence-electron chi connectivity index (χ4n) is 5.60. The first-order valence-corrected chi connectivity index (χ1v) is 12.9.